The maximum absolute atomic E-state index is 12.9. The van der Waals surface area contributed by atoms with E-state index in [9.17, 15) is 9.90 Å². The van der Waals surface area contributed by atoms with Gasteiger partial charge in [0.05, 0.1) is 25.2 Å². The molecule has 0 radical (unpaired) electrons. The van der Waals surface area contributed by atoms with E-state index in [0.717, 1.165) is 54.9 Å². The number of hydrogen-bond donors (Lipinski definition) is 1. The summed E-state index contributed by atoms with van der Waals surface area (Å²) in [6.07, 6.45) is 2.16. The zero-order chi connectivity index (χ0) is 22.3. The molecular weight excluding hydrogens is 414 g/mol. The Labute approximate surface area is 189 Å². The Hall–Kier alpha value is -2.08. The van der Waals surface area contributed by atoms with Crippen LogP contribution < -0.4 is 4.74 Å². The van der Waals surface area contributed by atoms with Gasteiger partial charge in [0.2, 0.25) is 0 Å². The van der Waals surface area contributed by atoms with Crippen LogP contribution in [0.5, 0.6) is 5.75 Å². The SMILES string of the molecule is CCOC(=O)C1(Cc2ccc(Cl)cc2)CCN(Cc2ccc(OCC)c(CO)c2)CC1. The third-order valence-corrected chi connectivity index (χ3v) is 6.23. The Morgan fingerprint density at radius 3 is 2.35 bits per heavy atom. The van der Waals surface area contributed by atoms with Crippen LogP contribution in [0.2, 0.25) is 5.02 Å². The van der Waals surface area contributed by atoms with Gasteiger partial charge in [-0.25, -0.2) is 0 Å². The number of piperidine rings is 1. The summed E-state index contributed by atoms with van der Waals surface area (Å²) in [5.74, 6) is 0.630. The van der Waals surface area contributed by atoms with Gasteiger partial charge in [0.1, 0.15) is 5.75 Å². The minimum absolute atomic E-state index is 0.0454. The summed E-state index contributed by atoms with van der Waals surface area (Å²) >= 11 is 6.02. The number of carbonyl (C=O) groups excluding carboxylic acids is 1. The second-order valence-corrected chi connectivity index (χ2v) is 8.55. The molecule has 0 spiro atoms. The van der Waals surface area contributed by atoms with Crippen molar-refractivity contribution in [3.8, 4) is 5.75 Å². The number of nitrogens with zero attached hydrogens (tertiary/aromatic N) is 1. The third-order valence-electron chi connectivity index (χ3n) is 5.98. The van der Waals surface area contributed by atoms with E-state index in [1.54, 1.807) is 0 Å². The highest BCUT2D eigenvalue weighted by Gasteiger charge is 2.42. The van der Waals surface area contributed by atoms with Crippen molar-refractivity contribution in [3.63, 3.8) is 0 Å². The van der Waals surface area contributed by atoms with Gasteiger partial charge < -0.3 is 14.6 Å². The molecule has 0 atom stereocenters. The molecule has 168 valence electrons. The first kappa shape index (κ1) is 23.6. The van der Waals surface area contributed by atoms with Crippen molar-refractivity contribution in [1.29, 1.82) is 0 Å². The van der Waals surface area contributed by atoms with Gasteiger partial charge in [-0.2, -0.15) is 0 Å². The van der Waals surface area contributed by atoms with E-state index in [0.29, 0.717) is 24.7 Å². The van der Waals surface area contributed by atoms with Crippen LogP contribution in [0.3, 0.4) is 0 Å². The van der Waals surface area contributed by atoms with Crippen LogP contribution in [0.4, 0.5) is 0 Å². The molecule has 0 bridgehead atoms. The minimum Gasteiger partial charge on any atom is -0.494 e. The number of aliphatic hydroxyl groups excluding tert-OH is 1. The van der Waals surface area contributed by atoms with Crippen LogP contribution in [0, 0.1) is 5.41 Å². The van der Waals surface area contributed by atoms with Crippen molar-refractivity contribution in [2.45, 2.75) is 46.3 Å². The molecule has 1 heterocycles. The lowest BCUT2D eigenvalue weighted by molar-refractivity contribution is -0.158. The molecule has 2 aromatic rings. The highest BCUT2D eigenvalue weighted by atomic mass is 35.5. The topological polar surface area (TPSA) is 59.0 Å². The Morgan fingerprint density at radius 1 is 1.06 bits per heavy atom. The lowest BCUT2D eigenvalue weighted by Crippen LogP contribution is -2.46. The molecule has 0 aromatic heterocycles. The van der Waals surface area contributed by atoms with Gasteiger partial charge in [0, 0.05) is 17.1 Å². The van der Waals surface area contributed by atoms with E-state index < -0.39 is 5.41 Å². The number of halogens is 1. The van der Waals surface area contributed by atoms with Crippen molar-refractivity contribution in [3.05, 3.63) is 64.2 Å². The average molecular weight is 446 g/mol. The largest absolute Gasteiger partial charge is 0.494 e. The molecule has 6 heteroatoms. The highest BCUT2D eigenvalue weighted by Crippen LogP contribution is 2.37. The van der Waals surface area contributed by atoms with Crippen molar-refractivity contribution in [2.24, 2.45) is 5.41 Å². The highest BCUT2D eigenvalue weighted by molar-refractivity contribution is 6.30. The number of aliphatic hydroxyl groups is 1. The van der Waals surface area contributed by atoms with Crippen molar-refractivity contribution >= 4 is 17.6 Å². The monoisotopic (exact) mass is 445 g/mol. The minimum atomic E-state index is -0.505. The number of esters is 1. The third kappa shape index (κ3) is 6.00. The number of ether oxygens (including phenoxy) is 2. The summed E-state index contributed by atoms with van der Waals surface area (Å²) in [5, 5.41) is 10.4. The van der Waals surface area contributed by atoms with Crippen LogP contribution in [0.15, 0.2) is 42.5 Å². The van der Waals surface area contributed by atoms with Gasteiger partial charge in [-0.15, -0.1) is 0 Å². The molecule has 0 saturated carbocycles. The van der Waals surface area contributed by atoms with Crippen LogP contribution in [-0.2, 0) is 29.1 Å². The first-order chi connectivity index (χ1) is 15.0. The predicted octanol–water partition coefficient (Wildman–Crippen LogP) is 4.62. The summed E-state index contributed by atoms with van der Waals surface area (Å²) < 4.78 is 11.1. The molecule has 1 fully saturated rings. The number of benzene rings is 2. The van der Waals surface area contributed by atoms with Gasteiger partial charge in [0.15, 0.2) is 0 Å². The summed E-state index contributed by atoms with van der Waals surface area (Å²) in [7, 11) is 0. The molecule has 0 unspecified atom stereocenters. The normalized spacial score (nSPS) is 16.1. The molecule has 5 nitrogen and oxygen atoms in total. The lowest BCUT2D eigenvalue weighted by atomic mass is 9.73. The van der Waals surface area contributed by atoms with E-state index in [1.165, 1.54) is 0 Å². The molecule has 1 aliphatic heterocycles. The van der Waals surface area contributed by atoms with Gasteiger partial charge >= 0.3 is 5.97 Å². The summed E-state index contributed by atoms with van der Waals surface area (Å²) in [5.41, 5.74) is 2.54. The molecule has 2 aromatic carbocycles. The van der Waals surface area contributed by atoms with E-state index in [4.69, 9.17) is 21.1 Å². The Morgan fingerprint density at radius 2 is 1.74 bits per heavy atom. The van der Waals surface area contributed by atoms with Crippen molar-refractivity contribution < 1.29 is 19.4 Å². The van der Waals surface area contributed by atoms with E-state index in [2.05, 4.69) is 4.90 Å². The number of hydrogen-bond acceptors (Lipinski definition) is 5. The number of likely N-dealkylation sites (tertiary alicyclic amines) is 1. The van der Waals surface area contributed by atoms with Gasteiger partial charge in [0.25, 0.3) is 0 Å². The molecule has 3 rings (SSSR count). The van der Waals surface area contributed by atoms with E-state index in [-0.39, 0.29) is 12.6 Å². The summed E-state index contributed by atoms with van der Waals surface area (Å²) in [6.45, 7) is 7.11. The van der Waals surface area contributed by atoms with Crippen LogP contribution in [0.1, 0.15) is 43.4 Å². The molecule has 1 N–H and O–H groups in total. The molecule has 0 aliphatic carbocycles. The van der Waals surface area contributed by atoms with Crippen molar-refractivity contribution in [2.75, 3.05) is 26.3 Å². The second kappa shape index (κ2) is 11.0. The zero-order valence-electron chi connectivity index (χ0n) is 18.4. The zero-order valence-corrected chi connectivity index (χ0v) is 19.2. The van der Waals surface area contributed by atoms with E-state index >= 15 is 0 Å². The Bertz CT molecular complexity index is 860. The molecular formula is C25H32ClNO4. The Kier molecular flexibility index (Phi) is 8.35. The average Bonchev–Trinajstić information content (AvgIpc) is 2.78. The number of rotatable bonds is 9. The second-order valence-electron chi connectivity index (χ2n) is 8.11. The summed E-state index contributed by atoms with van der Waals surface area (Å²) in [6, 6.07) is 13.7. The smallest absolute Gasteiger partial charge is 0.312 e. The van der Waals surface area contributed by atoms with E-state index in [1.807, 2.05) is 56.3 Å². The van der Waals surface area contributed by atoms with Gasteiger partial charge in [-0.05, 0) is 81.6 Å². The fraction of sp³-hybridized carbons (Fsp3) is 0.480. The summed E-state index contributed by atoms with van der Waals surface area (Å²) in [4.78, 5) is 15.3. The fourth-order valence-corrected chi connectivity index (χ4v) is 4.40. The molecule has 0 amide bonds. The standard InChI is InChI=1S/C25H32ClNO4/c1-3-30-23-10-7-20(15-21(23)18-28)17-27-13-11-25(12-14-27,24(29)31-4-2)16-19-5-8-22(26)9-6-19/h5-10,15,28H,3-4,11-14,16-18H2,1-2H3. The van der Waals surface area contributed by atoms with Gasteiger partial charge in [-0.1, -0.05) is 29.8 Å². The molecule has 1 saturated heterocycles. The maximum atomic E-state index is 12.9. The number of carbonyl (C=O) groups is 1. The van der Waals surface area contributed by atoms with Crippen LogP contribution in [0.25, 0.3) is 0 Å². The van der Waals surface area contributed by atoms with Crippen molar-refractivity contribution in [1.82, 2.24) is 4.90 Å². The fourth-order valence-electron chi connectivity index (χ4n) is 4.28. The Balaban J connectivity index is 1.69. The van der Waals surface area contributed by atoms with Gasteiger partial charge in [-0.3, -0.25) is 9.69 Å². The lowest BCUT2D eigenvalue weighted by Gasteiger charge is -2.40. The molecule has 31 heavy (non-hydrogen) atoms. The molecule has 1 aliphatic rings. The quantitative estimate of drug-likeness (QED) is 0.571. The maximum Gasteiger partial charge on any atom is 0.312 e. The van der Waals surface area contributed by atoms with Crippen LogP contribution in [-0.4, -0.2) is 42.3 Å². The van der Waals surface area contributed by atoms with Crippen LogP contribution >= 0.6 is 11.6 Å². The first-order valence-electron chi connectivity index (χ1n) is 11.0. The predicted molar refractivity (Wildman–Crippen MR) is 122 cm³/mol. The first-order valence-corrected chi connectivity index (χ1v) is 11.4.